The van der Waals surface area contributed by atoms with Crippen LogP contribution < -0.4 is 0 Å². The highest BCUT2D eigenvalue weighted by Crippen LogP contribution is 2.10. The second kappa shape index (κ2) is 3.28. The minimum absolute atomic E-state index is 0.0367. The molecule has 1 atom stereocenters. The molecule has 0 aromatic carbocycles. The Kier molecular flexibility index (Phi) is 2.54. The van der Waals surface area contributed by atoms with Crippen molar-refractivity contribution in [1.82, 2.24) is 14.9 Å². The number of nitrogens with zero attached hydrogens (tertiary/aromatic N) is 3. The minimum atomic E-state index is -0.309. The molecule has 1 saturated heterocycles. The fourth-order valence-corrected chi connectivity index (χ4v) is 1.17. The van der Waals surface area contributed by atoms with Crippen LogP contribution in [0.25, 0.3) is 0 Å². The van der Waals surface area contributed by atoms with E-state index < -0.39 is 0 Å². The molecular weight excluding hydrogens is 158 g/mol. The molecule has 1 unspecified atom stereocenters. The van der Waals surface area contributed by atoms with Gasteiger partial charge in [-0.3, -0.25) is 10.1 Å². The van der Waals surface area contributed by atoms with Crippen molar-refractivity contribution in [3.63, 3.8) is 0 Å². The Morgan fingerprint density at radius 3 is 2.42 bits per heavy atom. The second-order valence-electron chi connectivity index (χ2n) is 3.19. The fraction of sp³-hybridized carbons (Fsp3) is 0.857. The molecule has 5 heteroatoms. The summed E-state index contributed by atoms with van der Waals surface area (Å²) >= 11 is 0. The van der Waals surface area contributed by atoms with Crippen LogP contribution in [0.2, 0.25) is 0 Å². The van der Waals surface area contributed by atoms with E-state index in [0.717, 1.165) is 5.06 Å². The summed E-state index contributed by atoms with van der Waals surface area (Å²) < 4.78 is 0. The van der Waals surface area contributed by atoms with Crippen molar-refractivity contribution in [2.24, 2.45) is 0 Å². The van der Waals surface area contributed by atoms with Crippen LogP contribution in [0.15, 0.2) is 0 Å². The van der Waals surface area contributed by atoms with Crippen LogP contribution >= 0.6 is 0 Å². The summed E-state index contributed by atoms with van der Waals surface area (Å²) in [5, 5.41) is 9.77. The van der Waals surface area contributed by atoms with E-state index in [1.54, 1.807) is 4.90 Å². The van der Waals surface area contributed by atoms with Gasteiger partial charge in [0.2, 0.25) is 0 Å². The van der Waals surface area contributed by atoms with Gasteiger partial charge >= 0.3 is 6.03 Å². The Labute approximate surface area is 72.1 Å². The predicted molar refractivity (Wildman–Crippen MR) is 43.7 cm³/mol. The summed E-state index contributed by atoms with van der Waals surface area (Å²) in [6, 6.07) is -0.309. The Morgan fingerprint density at radius 1 is 1.50 bits per heavy atom. The van der Waals surface area contributed by atoms with Gasteiger partial charge < -0.3 is 4.90 Å². The Hall–Kier alpha value is -0.810. The molecule has 0 radical (unpaired) electrons. The first-order valence-electron chi connectivity index (χ1n) is 3.97. The molecule has 0 spiro atoms. The zero-order chi connectivity index (χ0) is 9.30. The van der Waals surface area contributed by atoms with E-state index in [-0.39, 0.29) is 12.2 Å². The number of hydrogen-bond donors (Lipinski definition) is 1. The first-order valence-corrected chi connectivity index (χ1v) is 3.97. The molecular formula is C7H15N3O2. The fourth-order valence-electron chi connectivity index (χ4n) is 1.17. The quantitative estimate of drug-likeness (QED) is 0.599. The molecule has 1 aliphatic rings. The van der Waals surface area contributed by atoms with Gasteiger partial charge in [-0.15, -0.1) is 0 Å². The van der Waals surface area contributed by atoms with Crippen LogP contribution in [-0.4, -0.2) is 59.5 Å². The van der Waals surface area contributed by atoms with Crippen molar-refractivity contribution in [1.29, 1.82) is 0 Å². The molecule has 1 N–H and O–H groups in total. The summed E-state index contributed by atoms with van der Waals surface area (Å²) in [4.78, 5) is 14.8. The molecule has 1 fully saturated rings. The van der Waals surface area contributed by atoms with Crippen molar-refractivity contribution in [2.45, 2.75) is 13.1 Å². The molecule has 12 heavy (non-hydrogen) atoms. The topological polar surface area (TPSA) is 47.0 Å². The van der Waals surface area contributed by atoms with E-state index in [4.69, 9.17) is 5.21 Å². The van der Waals surface area contributed by atoms with Gasteiger partial charge in [0.05, 0.1) is 12.7 Å². The molecule has 1 rings (SSSR count). The summed E-state index contributed by atoms with van der Waals surface area (Å²) in [5.74, 6) is 0. The highest BCUT2D eigenvalue weighted by molar-refractivity contribution is 5.75. The number of carbonyl (C=O) groups excluding carboxylic acids is 1. The maximum absolute atomic E-state index is 11.2. The Bertz CT molecular complexity index is 183. The summed E-state index contributed by atoms with van der Waals surface area (Å²) in [6.45, 7) is 2.92. The number of carbonyl (C=O) groups is 1. The largest absolute Gasteiger partial charge is 0.345 e. The molecule has 70 valence electrons. The van der Waals surface area contributed by atoms with Crippen LogP contribution in [-0.2, 0) is 0 Å². The molecule has 0 saturated carbocycles. The molecule has 2 amide bonds. The summed E-state index contributed by atoms with van der Waals surface area (Å²) in [5.41, 5.74) is 0. The van der Waals surface area contributed by atoms with E-state index in [0.29, 0.717) is 13.1 Å². The van der Waals surface area contributed by atoms with E-state index in [9.17, 15) is 4.79 Å². The zero-order valence-electron chi connectivity index (χ0n) is 7.69. The number of amides is 2. The normalized spacial score (nSPS) is 20.9. The van der Waals surface area contributed by atoms with Gasteiger partial charge in [0.15, 0.2) is 0 Å². The molecule has 0 aromatic heterocycles. The lowest BCUT2D eigenvalue weighted by molar-refractivity contribution is -0.0291. The Balaban J connectivity index is 2.59. The van der Waals surface area contributed by atoms with Crippen LogP contribution in [0.3, 0.4) is 0 Å². The van der Waals surface area contributed by atoms with Gasteiger partial charge in [-0.2, -0.15) is 0 Å². The maximum Gasteiger partial charge on any atom is 0.345 e. The van der Waals surface area contributed by atoms with Crippen molar-refractivity contribution in [3.05, 3.63) is 0 Å². The average Bonchev–Trinajstić information content (AvgIpc) is 2.32. The van der Waals surface area contributed by atoms with Gasteiger partial charge in [-0.05, 0) is 21.0 Å². The first-order chi connectivity index (χ1) is 5.54. The summed E-state index contributed by atoms with van der Waals surface area (Å²) in [7, 11) is 3.80. The van der Waals surface area contributed by atoms with E-state index in [2.05, 4.69) is 0 Å². The van der Waals surface area contributed by atoms with E-state index >= 15 is 0 Å². The van der Waals surface area contributed by atoms with Gasteiger partial charge in [-0.25, -0.2) is 9.86 Å². The van der Waals surface area contributed by atoms with E-state index in [1.807, 2.05) is 25.9 Å². The van der Waals surface area contributed by atoms with Crippen molar-refractivity contribution < 1.29 is 10.0 Å². The molecule has 0 aliphatic carbocycles. The third-order valence-corrected chi connectivity index (χ3v) is 2.22. The standard InChI is InChI=1S/C7H15N3O2/c1-6(8(2)3)9-4-5-10(12)7(9)11/h6,12H,4-5H2,1-3H3. The SMILES string of the molecule is CC(N(C)C)N1CCN(O)C1=O. The zero-order valence-corrected chi connectivity index (χ0v) is 7.69. The second-order valence-corrected chi connectivity index (χ2v) is 3.19. The molecule has 1 aliphatic heterocycles. The third-order valence-electron chi connectivity index (χ3n) is 2.22. The predicted octanol–water partition coefficient (Wildman–Crippen LogP) is 0.0208. The van der Waals surface area contributed by atoms with Crippen molar-refractivity contribution in [2.75, 3.05) is 27.2 Å². The number of hydrogen-bond acceptors (Lipinski definition) is 3. The van der Waals surface area contributed by atoms with Crippen LogP contribution in [0, 0.1) is 0 Å². The van der Waals surface area contributed by atoms with Crippen molar-refractivity contribution in [3.8, 4) is 0 Å². The number of urea groups is 1. The van der Waals surface area contributed by atoms with E-state index in [1.165, 1.54) is 0 Å². The van der Waals surface area contributed by atoms with Gasteiger partial charge in [0, 0.05) is 6.54 Å². The van der Waals surface area contributed by atoms with Gasteiger partial charge in [0.1, 0.15) is 0 Å². The smallest absolute Gasteiger partial charge is 0.306 e. The minimum Gasteiger partial charge on any atom is -0.306 e. The monoisotopic (exact) mass is 173 g/mol. The van der Waals surface area contributed by atoms with Crippen LogP contribution in [0.5, 0.6) is 0 Å². The first kappa shape index (κ1) is 9.28. The van der Waals surface area contributed by atoms with Crippen LogP contribution in [0.1, 0.15) is 6.92 Å². The summed E-state index contributed by atoms with van der Waals surface area (Å²) in [6.07, 6.45) is 0.0367. The van der Waals surface area contributed by atoms with Gasteiger partial charge in [0.25, 0.3) is 0 Å². The highest BCUT2D eigenvalue weighted by atomic mass is 16.5. The van der Waals surface area contributed by atoms with Crippen LogP contribution in [0.4, 0.5) is 4.79 Å². The number of rotatable bonds is 2. The average molecular weight is 173 g/mol. The lowest BCUT2D eigenvalue weighted by Crippen LogP contribution is -2.44. The lowest BCUT2D eigenvalue weighted by atomic mass is 10.4. The molecule has 0 bridgehead atoms. The maximum atomic E-state index is 11.2. The third kappa shape index (κ3) is 1.51. The Morgan fingerprint density at radius 2 is 2.08 bits per heavy atom. The number of hydroxylamine groups is 2. The lowest BCUT2D eigenvalue weighted by Gasteiger charge is -2.28. The van der Waals surface area contributed by atoms with Crippen molar-refractivity contribution >= 4 is 6.03 Å². The molecule has 5 nitrogen and oxygen atoms in total. The molecule has 0 aromatic rings. The van der Waals surface area contributed by atoms with Gasteiger partial charge in [-0.1, -0.05) is 0 Å². The molecule has 1 heterocycles. The highest BCUT2D eigenvalue weighted by Gasteiger charge is 2.31.